The second kappa shape index (κ2) is 4.65. The second-order valence-electron chi connectivity index (χ2n) is 6.69. The Morgan fingerprint density at radius 1 is 1.07 bits per heavy atom. The van der Waals surface area contributed by atoms with E-state index >= 15 is 0 Å². The highest BCUT2D eigenvalue weighted by Gasteiger charge is 2.44. The molecule has 0 aliphatic carbocycles. The molecule has 90 valence electrons. The molecule has 1 atom stereocenters. The Morgan fingerprint density at radius 2 is 1.53 bits per heavy atom. The SMILES string of the molecule is COCC(C=O)(CC(C)(C)C)C(C)(C)C. The minimum atomic E-state index is -0.389. The molecular formula is C13H26O2. The molecule has 0 radical (unpaired) electrons. The summed E-state index contributed by atoms with van der Waals surface area (Å²) in [6, 6.07) is 0. The molecule has 2 nitrogen and oxygen atoms in total. The topological polar surface area (TPSA) is 26.3 Å². The van der Waals surface area contributed by atoms with Crippen LogP contribution < -0.4 is 0 Å². The fraction of sp³-hybridized carbons (Fsp3) is 0.923. The van der Waals surface area contributed by atoms with Crippen molar-refractivity contribution in [3.63, 3.8) is 0 Å². The van der Waals surface area contributed by atoms with Gasteiger partial charge in [0.2, 0.25) is 0 Å². The molecule has 0 amide bonds. The fourth-order valence-corrected chi connectivity index (χ4v) is 1.99. The quantitative estimate of drug-likeness (QED) is 0.671. The molecule has 0 aromatic heterocycles. The van der Waals surface area contributed by atoms with E-state index in [1.165, 1.54) is 0 Å². The Bertz CT molecular complexity index is 208. The van der Waals surface area contributed by atoms with Gasteiger partial charge in [0.25, 0.3) is 0 Å². The number of aldehydes is 1. The monoisotopic (exact) mass is 214 g/mol. The summed E-state index contributed by atoms with van der Waals surface area (Å²) in [7, 11) is 1.66. The summed E-state index contributed by atoms with van der Waals surface area (Å²) in [5.41, 5.74) is -0.329. The Kier molecular flexibility index (Phi) is 4.53. The molecule has 0 aliphatic rings. The molecule has 0 aromatic carbocycles. The number of ether oxygens (including phenoxy) is 1. The molecular weight excluding hydrogens is 188 g/mol. The molecule has 0 fully saturated rings. The molecule has 0 saturated carbocycles. The van der Waals surface area contributed by atoms with Crippen molar-refractivity contribution >= 4 is 6.29 Å². The smallest absolute Gasteiger partial charge is 0.128 e. The third kappa shape index (κ3) is 3.94. The van der Waals surface area contributed by atoms with Crippen LogP contribution in [0.1, 0.15) is 48.0 Å². The van der Waals surface area contributed by atoms with Crippen molar-refractivity contribution in [1.82, 2.24) is 0 Å². The maximum Gasteiger partial charge on any atom is 0.128 e. The van der Waals surface area contributed by atoms with Gasteiger partial charge < -0.3 is 9.53 Å². The number of hydrogen-bond donors (Lipinski definition) is 0. The maximum atomic E-state index is 11.5. The van der Waals surface area contributed by atoms with Crippen LogP contribution in [0.3, 0.4) is 0 Å². The second-order valence-corrected chi connectivity index (χ2v) is 6.69. The first-order valence-corrected chi connectivity index (χ1v) is 5.53. The molecule has 0 aromatic rings. The van der Waals surface area contributed by atoms with Crippen molar-refractivity contribution in [3.05, 3.63) is 0 Å². The summed E-state index contributed by atoms with van der Waals surface area (Å²) in [6.07, 6.45) is 1.93. The molecule has 15 heavy (non-hydrogen) atoms. The Labute approximate surface area is 94.4 Å². The first kappa shape index (κ1) is 14.6. The lowest BCUT2D eigenvalue weighted by Crippen LogP contribution is -2.44. The van der Waals surface area contributed by atoms with Gasteiger partial charge in [-0.25, -0.2) is 0 Å². The van der Waals surface area contributed by atoms with Gasteiger partial charge in [0.1, 0.15) is 6.29 Å². The minimum absolute atomic E-state index is 0.0714. The predicted octanol–water partition coefficient (Wildman–Crippen LogP) is 3.30. The van der Waals surface area contributed by atoms with E-state index < -0.39 is 0 Å². The van der Waals surface area contributed by atoms with Gasteiger partial charge in [-0.3, -0.25) is 0 Å². The van der Waals surface area contributed by atoms with Crippen LogP contribution in [0.4, 0.5) is 0 Å². The van der Waals surface area contributed by atoms with Gasteiger partial charge in [0, 0.05) is 7.11 Å². The number of carbonyl (C=O) groups is 1. The number of hydrogen-bond acceptors (Lipinski definition) is 2. The van der Waals surface area contributed by atoms with Crippen molar-refractivity contribution in [2.24, 2.45) is 16.2 Å². The highest BCUT2D eigenvalue weighted by atomic mass is 16.5. The molecule has 0 spiro atoms. The molecule has 0 heterocycles. The van der Waals surface area contributed by atoms with Crippen LogP contribution in [0.2, 0.25) is 0 Å². The van der Waals surface area contributed by atoms with Crippen molar-refractivity contribution in [1.29, 1.82) is 0 Å². The van der Waals surface area contributed by atoms with Gasteiger partial charge in [-0.15, -0.1) is 0 Å². The van der Waals surface area contributed by atoms with E-state index in [9.17, 15) is 4.79 Å². The van der Waals surface area contributed by atoms with E-state index in [1.807, 2.05) is 0 Å². The summed E-state index contributed by atoms with van der Waals surface area (Å²) >= 11 is 0. The van der Waals surface area contributed by atoms with Gasteiger partial charge in [0.15, 0.2) is 0 Å². The molecule has 0 bridgehead atoms. The van der Waals surface area contributed by atoms with Gasteiger partial charge in [0.05, 0.1) is 12.0 Å². The first-order chi connectivity index (χ1) is 6.58. The molecule has 0 aliphatic heterocycles. The van der Waals surface area contributed by atoms with Crippen LogP contribution in [0.15, 0.2) is 0 Å². The van der Waals surface area contributed by atoms with E-state index in [0.717, 1.165) is 12.7 Å². The molecule has 0 saturated heterocycles. The Hall–Kier alpha value is -0.370. The first-order valence-electron chi connectivity index (χ1n) is 5.53. The summed E-state index contributed by atoms with van der Waals surface area (Å²) in [5.74, 6) is 0. The van der Waals surface area contributed by atoms with Gasteiger partial charge in [-0.1, -0.05) is 41.5 Å². The molecule has 0 N–H and O–H groups in total. The van der Waals surface area contributed by atoms with E-state index in [2.05, 4.69) is 41.5 Å². The van der Waals surface area contributed by atoms with Crippen LogP contribution in [0, 0.1) is 16.2 Å². The van der Waals surface area contributed by atoms with Gasteiger partial charge >= 0.3 is 0 Å². The zero-order valence-corrected chi connectivity index (χ0v) is 11.3. The Morgan fingerprint density at radius 3 is 1.73 bits per heavy atom. The maximum absolute atomic E-state index is 11.5. The van der Waals surface area contributed by atoms with E-state index in [4.69, 9.17) is 4.74 Å². The minimum Gasteiger partial charge on any atom is -0.384 e. The predicted molar refractivity (Wildman–Crippen MR) is 63.9 cm³/mol. The third-order valence-corrected chi connectivity index (χ3v) is 2.97. The lowest BCUT2D eigenvalue weighted by molar-refractivity contribution is -0.130. The summed E-state index contributed by atoms with van der Waals surface area (Å²) in [4.78, 5) is 11.5. The van der Waals surface area contributed by atoms with Crippen molar-refractivity contribution in [3.8, 4) is 0 Å². The van der Waals surface area contributed by atoms with Crippen molar-refractivity contribution < 1.29 is 9.53 Å². The largest absolute Gasteiger partial charge is 0.384 e. The molecule has 1 unspecified atom stereocenters. The van der Waals surface area contributed by atoms with Crippen LogP contribution in [0.5, 0.6) is 0 Å². The van der Waals surface area contributed by atoms with Crippen LogP contribution in [-0.4, -0.2) is 20.0 Å². The average Bonchev–Trinajstić information content (AvgIpc) is 1.98. The number of carbonyl (C=O) groups excluding carboxylic acids is 1. The Balaban J connectivity index is 5.08. The highest BCUT2D eigenvalue weighted by molar-refractivity contribution is 5.61. The van der Waals surface area contributed by atoms with Gasteiger partial charge in [-0.2, -0.15) is 0 Å². The zero-order chi connectivity index (χ0) is 12.3. The summed E-state index contributed by atoms with van der Waals surface area (Å²) in [5, 5.41) is 0. The average molecular weight is 214 g/mol. The normalized spacial score (nSPS) is 17.3. The van der Waals surface area contributed by atoms with Crippen LogP contribution >= 0.6 is 0 Å². The van der Waals surface area contributed by atoms with E-state index in [-0.39, 0.29) is 16.2 Å². The lowest BCUT2D eigenvalue weighted by Gasteiger charge is -2.43. The van der Waals surface area contributed by atoms with Crippen molar-refractivity contribution in [2.75, 3.05) is 13.7 Å². The van der Waals surface area contributed by atoms with E-state index in [0.29, 0.717) is 6.61 Å². The van der Waals surface area contributed by atoms with Crippen LogP contribution in [0.25, 0.3) is 0 Å². The fourth-order valence-electron chi connectivity index (χ4n) is 1.99. The van der Waals surface area contributed by atoms with Crippen molar-refractivity contribution in [2.45, 2.75) is 48.0 Å². The van der Waals surface area contributed by atoms with E-state index in [1.54, 1.807) is 7.11 Å². The van der Waals surface area contributed by atoms with Gasteiger partial charge in [-0.05, 0) is 17.3 Å². The van der Waals surface area contributed by atoms with Crippen LogP contribution in [-0.2, 0) is 9.53 Å². The standard InChI is InChI=1S/C13H26O2/c1-11(2,3)8-13(9-14,10-15-7)12(4,5)6/h9H,8,10H2,1-7H3. The highest BCUT2D eigenvalue weighted by Crippen LogP contribution is 2.45. The number of rotatable bonds is 4. The molecule has 0 rings (SSSR count). The third-order valence-electron chi connectivity index (χ3n) is 2.97. The summed E-state index contributed by atoms with van der Waals surface area (Å²) < 4.78 is 5.24. The lowest BCUT2D eigenvalue weighted by atomic mass is 9.61. The molecule has 2 heteroatoms. The number of methoxy groups -OCH3 is 1. The summed E-state index contributed by atoms with van der Waals surface area (Å²) in [6.45, 7) is 13.3. The zero-order valence-electron chi connectivity index (χ0n) is 11.3.